The first-order valence-electron chi connectivity index (χ1n) is 10.6. The molecule has 0 aliphatic carbocycles. The number of likely N-dealkylation sites (tertiary alicyclic amines) is 1. The topological polar surface area (TPSA) is 156 Å². The minimum atomic E-state index is -1.31. The molecule has 1 spiro atoms. The Morgan fingerprint density at radius 2 is 1.62 bits per heavy atom. The molecule has 34 heavy (non-hydrogen) atoms. The van der Waals surface area contributed by atoms with Gasteiger partial charge in [-0.1, -0.05) is 30.3 Å². The smallest absolute Gasteiger partial charge is 0.328 e. The van der Waals surface area contributed by atoms with E-state index in [9.17, 15) is 34.9 Å². The highest BCUT2D eigenvalue weighted by Gasteiger charge is 2.54. The SMILES string of the molecule is O=C(O)C1COC2(CCN(Cc3ccccc3)CC2)N1C(=O)c1cc([N+](=O)[O-])cc([N+](=O)[O-])c1. The van der Waals surface area contributed by atoms with E-state index >= 15 is 0 Å². The van der Waals surface area contributed by atoms with E-state index in [1.807, 2.05) is 30.3 Å². The average Bonchev–Trinajstić information content (AvgIpc) is 3.19. The molecule has 178 valence electrons. The number of nitro groups is 2. The number of rotatable bonds is 6. The molecular formula is C22H22N4O8. The van der Waals surface area contributed by atoms with Gasteiger partial charge >= 0.3 is 5.97 Å². The molecule has 2 fully saturated rings. The average molecular weight is 470 g/mol. The quantitative estimate of drug-likeness (QED) is 0.494. The number of amides is 1. The summed E-state index contributed by atoms with van der Waals surface area (Å²) in [6, 6.07) is 11.1. The number of non-ortho nitro benzene ring substituents is 2. The van der Waals surface area contributed by atoms with E-state index in [4.69, 9.17) is 4.74 Å². The van der Waals surface area contributed by atoms with Gasteiger partial charge in [0, 0.05) is 44.6 Å². The minimum absolute atomic E-state index is 0.239. The lowest BCUT2D eigenvalue weighted by atomic mass is 9.96. The van der Waals surface area contributed by atoms with Crippen molar-refractivity contribution in [2.24, 2.45) is 0 Å². The number of ether oxygens (including phenoxy) is 1. The lowest BCUT2D eigenvalue weighted by molar-refractivity contribution is -0.394. The third-order valence-electron chi connectivity index (χ3n) is 6.22. The predicted octanol–water partition coefficient (Wildman–Crippen LogP) is 2.42. The first-order chi connectivity index (χ1) is 16.2. The molecule has 1 unspecified atom stereocenters. The van der Waals surface area contributed by atoms with Gasteiger partial charge in [0.15, 0.2) is 6.04 Å². The number of nitrogens with zero attached hydrogens (tertiary/aromatic N) is 4. The van der Waals surface area contributed by atoms with Crippen molar-refractivity contribution in [3.05, 3.63) is 79.9 Å². The van der Waals surface area contributed by atoms with Gasteiger partial charge in [0.25, 0.3) is 17.3 Å². The standard InChI is InChI=1S/C22H22N4O8/c27-20(16-10-17(25(30)31)12-18(11-16)26(32)33)24-19(21(28)29)14-34-22(24)6-8-23(9-7-22)13-15-4-2-1-3-5-15/h1-5,10-12,19H,6-9,13-14H2,(H,28,29). The van der Waals surface area contributed by atoms with E-state index in [0.717, 1.165) is 28.7 Å². The van der Waals surface area contributed by atoms with E-state index in [2.05, 4.69) is 4.90 Å². The summed E-state index contributed by atoms with van der Waals surface area (Å²) in [7, 11) is 0. The fraction of sp³-hybridized carbons (Fsp3) is 0.364. The maximum Gasteiger partial charge on any atom is 0.328 e. The monoisotopic (exact) mass is 470 g/mol. The molecule has 1 amide bonds. The fourth-order valence-corrected chi connectivity index (χ4v) is 4.53. The van der Waals surface area contributed by atoms with Crippen LogP contribution in [0.5, 0.6) is 0 Å². The highest BCUT2D eigenvalue weighted by molar-refractivity contribution is 5.98. The first kappa shape index (κ1) is 23.3. The van der Waals surface area contributed by atoms with Crippen molar-refractivity contribution in [1.82, 2.24) is 9.80 Å². The molecule has 0 radical (unpaired) electrons. The van der Waals surface area contributed by atoms with Gasteiger partial charge in [0.2, 0.25) is 0 Å². The Hall–Kier alpha value is -3.90. The van der Waals surface area contributed by atoms with Crippen LogP contribution in [0.2, 0.25) is 0 Å². The van der Waals surface area contributed by atoms with Crippen molar-refractivity contribution in [1.29, 1.82) is 0 Å². The van der Waals surface area contributed by atoms with Crippen LogP contribution in [-0.2, 0) is 16.1 Å². The molecule has 4 rings (SSSR count). The van der Waals surface area contributed by atoms with Gasteiger partial charge in [-0.05, 0) is 5.56 Å². The zero-order chi connectivity index (χ0) is 24.5. The van der Waals surface area contributed by atoms with Gasteiger partial charge in [0.05, 0.1) is 28.1 Å². The van der Waals surface area contributed by atoms with Gasteiger partial charge in [-0.25, -0.2) is 4.79 Å². The molecule has 2 aliphatic rings. The molecule has 2 aromatic carbocycles. The summed E-state index contributed by atoms with van der Waals surface area (Å²) < 4.78 is 5.89. The second kappa shape index (κ2) is 9.15. The van der Waals surface area contributed by atoms with Crippen LogP contribution in [0.1, 0.15) is 28.8 Å². The van der Waals surface area contributed by atoms with Crippen molar-refractivity contribution in [3.63, 3.8) is 0 Å². The minimum Gasteiger partial charge on any atom is -0.480 e. The molecule has 12 nitrogen and oxygen atoms in total. The maximum absolute atomic E-state index is 13.5. The van der Waals surface area contributed by atoms with Crippen molar-refractivity contribution in [3.8, 4) is 0 Å². The zero-order valence-corrected chi connectivity index (χ0v) is 18.0. The lowest BCUT2D eigenvalue weighted by Gasteiger charge is -2.44. The van der Waals surface area contributed by atoms with Crippen LogP contribution in [0.25, 0.3) is 0 Å². The van der Waals surface area contributed by atoms with Crippen LogP contribution >= 0.6 is 0 Å². The second-order valence-corrected chi connectivity index (χ2v) is 8.30. The summed E-state index contributed by atoms with van der Waals surface area (Å²) in [5.74, 6) is -2.13. The number of nitro benzene ring substituents is 2. The van der Waals surface area contributed by atoms with Crippen LogP contribution in [-0.4, -0.2) is 68.1 Å². The first-order valence-corrected chi connectivity index (χ1v) is 10.6. The molecule has 2 heterocycles. The molecule has 2 saturated heterocycles. The Labute approximate surface area is 193 Å². The van der Waals surface area contributed by atoms with Gasteiger partial charge in [-0.2, -0.15) is 0 Å². The number of carbonyl (C=O) groups excluding carboxylic acids is 1. The van der Waals surface area contributed by atoms with Crippen LogP contribution < -0.4 is 0 Å². The Kier molecular flexibility index (Phi) is 6.26. The Balaban J connectivity index is 1.62. The zero-order valence-electron chi connectivity index (χ0n) is 18.0. The van der Waals surface area contributed by atoms with Crippen LogP contribution in [0.15, 0.2) is 48.5 Å². The van der Waals surface area contributed by atoms with Crippen LogP contribution in [0.3, 0.4) is 0 Å². The predicted molar refractivity (Wildman–Crippen MR) is 117 cm³/mol. The number of aliphatic carboxylic acids is 1. The number of carboxylic acids is 1. The third kappa shape index (κ3) is 4.45. The van der Waals surface area contributed by atoms with Crippen molar-refractivity contribution < 1.29 is 29.3 Å². The number of piperidine rings is 1. The maximum atomic E-state index is 13.5. The number of benzene rings is 2. The summed E-state index contributed by atoms with van der Waals surface area (Å²) in [5.41, 5.74) is -1.69. The Morgan fingerprint density at radius 3 is 2.15 bits per heavy atom. The number of hydrogen-bond acceptors (Lipinski definition) is 8. The molecular weight excluding hydrogens is 448 g/mol. The summed E-state index contributed by atoms with van der Waals surface area (Å²) in [4.78, 5) is 49.5. The lowest BCUT2D eigenvalue weighted by Crippen LogP contribution is -2.58. The fourth-order valence-electron chi connectivity index (χ4n) is 4.53. The molecule has 2 aliphatic heterocycles. The summed E-state index contributed by atoms with van der Waals surface area (Å²) in [5, 5.41) is 32.2. The van der Waals surface area contributed by atoms with Crippen LogP contribution in [0.4, 0.5) is 11.4 Å². The highest BCUT2D eigenvalue weighted by atomic mass is 16.6. The van der Waals surface area contributed by atoms with Gasteiger partial charge < -0.3 is 9.84 Å². The molecule has 0 bridgehead atoms. The van der Waals surface area contributed by atoms with Gasteiger partial charge in [0.1, 0.15) is 5.72 Å². The summed E-state index contributed by atoms with van der Waals surface area (Å²) >= 11 is 0. The Morgan fingerprint density at radius 1 is 1.03 bits per heavy atom. The summed E-state index contributed by atoms with van der Waals surface area (Å²) in [6.07, 6.45) is 0.652. The number of carboxylic acid groups (broad SMARTS) is 1. The molecule has 0 aromatic heterocycles. The van der Waals surface area contributed by atoms with Gasteiger partial charge in [-0.3, -0.25) is 34.8 Å². The number of carbonyl (C=O) groups is 2. The van der Waals surface area contributed by atoms with Gasteiger partial charge in [-0.15, -0.1) is 0 Å². The molecule has 0 saturated carbocycles. The molecule has 2 aromatic rings. The third-order valence-corrected chi connectivity index (χ3v) is 6.22. The normalized spacial score (nSPS) is 19.8. The Bertz CT molecular complexity index is 1100. The van der Waals surface area contributed by atoms with Crippen LogP contribution in [0, 0.1) is 20.2 Å². The number of hydrogen-bond donors (Lipinski definition) is 1. The van der Waals surface area contributed by atoms with E-state index in [1.165, 1.54) is 0 Å². The second-order valence-electron chi connectivity index (χ2n) is 8.30. The highest BCUT2D eigenvalue weighted by Crippen LogP contribution is 2.39. The molecule has 12 heteroatoms. The van der Waals surface area contributed by atoms with Crippen molar-refractivity contribution >= 4 is 23.3 Å². The molecule has 1 atom stereocenters. The van der Waals surface area contributed by atoms with Crippen molar-refractivity contribution in [2.45, 2.75) is 31.2 Å². The van der Waals surface area contributed by atoms with E-state index in [1.54, 1.807) is 0 Å². The van der Waals surface area contributed by atoms with E-state index in [-0.39, 0.29) is 12.2 Å². The van der Waals surface area contributed by atoms with E-state index < -0.39 is 44.9 Å². The van der Waals surface area contributed by atoms with E-state index in [0.29, 0.717) is 32.5 Å². The largest absolute Gasteiger partial charge is 0.480 e. The summed E-state index contributed by atoms with van der Waals surface area (Å²) in [6.45, 7) is 1.50. The van der Waals surface area contributed by atoms with Crippen molar-refractivity contribution in [2.75, 3.05) is 19.7 Å². The molecule has 1 N–H and O–H groups in total.